The van der Waals surface area contributed by atoms with Gasteiger partial charge in [0.15, 0.2) is 0 Å². The number of aldehydes is 1. The average Bonchev–Trinajstić information content (AvgIpc) is 2.10. The topological polar surface area (TPSA) is 40.9 Å². The summed E-state index contributed by atoms with van der Waals surface area (Å²) in [5, 5.41) is 8.18. The monoisotopic (exact) mass is 225 g/mol. The van der Waals surface area contributed by atoms with Crippen molar-refractivity contribution in [2.45, 2.75) is 67.2 Å². The number of hydrogen-bond acceptors (Lipinski definition) is 2. The van der Waals surface area contributed by atoms with E-state index in [2.05, 4.69) is 47.6 Å². The average molecular weight is 225 g/mol. The van der Waals surface area contributed by atoms with E-state index in [-0.39, 0.29) is 0 Å². The summed E-state index contributed by atoms with van der Waals surface area (Å²) in [6.07, 6.45) is 4.36. The van der Waals surface area contributed by atoms with Crippen molar-refractivity contribution < 1.29 is 4.79 Å². The first-order valence-electron chi connectivity index (χ1n) is 5.93. The zero-order chi connectivity index (χ0) is 13.2. The lowest BCUT2D eigenvalue weighted by Crippen LogP contribution is -2.03. The molecule has 0 rings (SSSR count). The molecule has 0 aliphatic rings. The largest absolute Gasteiger partial charge is 0.303 e. The molecule has 0 atom stereocenters. The normalized spacial score (nSPS) is 11.1. The second-order valence-corrected chi connectivity index (χ2v) is 6.48. The Balaban J connectivity index is 0. The predicted molar refractivity (Wildman–Crippen MR) is 69.1 cm³/mol. The van der Waals surface area contributed by atoms with Crippen LogP contribution in [-0.2, 0) is 4.79 Å². The molecule has 0 fully saturated rings. The molecule has 2 nitrogen and oxygen atoms in total. The number of carbonyl (C=O) groups excluding carboxylic acids is 1. The van der Waals surface area contributed by atoms with Gasteiger partial charge in [-0.1, -0.05) is 41.5 Å². The van der Waals surface area contributed by atoms with Crippen LogP contribution in [0.15, 0.2) is 0 Å². The molecule has 0 bridgehead atoms. The van der Waals surface area contributed by atoms with E-state index in [0.29, 0.717) is 23.7 Å². The highest BCUT2D eigenvalue weighted by atomic mass is 16.1. The van der Waals surface area contributed by atoms with Gasteiger partial charge >= 0.3 is 0 Å². The Bertz CT molecular complexity index is 212. The first-order chi connectivity index (χ1) is 7.12. The van der Waals surface area contributed by atoms with E-state index < -0.39 is 0 Å². The first-order valence-corrected chi connectivity index (χ1v) is 5.93. The van der Waals surface area contributed by atoms with Crippen LogP contribution >= 0.6 is 0 Å². The van der Waals surface area contributed by atoms with Gasteiger partial charge in [-0.3, -0.25) is 0 Å². The molecule has 0 amide bonds. The third-order valence-electron chi connectivity index (χ3n) is 2.00. The lowest BCUT2D eigenvalue weighted by atomic mass is 9.91. The van der Waals surface area contributed by atoms with Crippen molar-refractivity contribution in [1.82, 2.24) is 0 Å². The van der Waals surface area contributed by atoms with E-state index in [1.165, 1.54) is 0 Å². The smallest absolute Gasteiger partial charge is 0.120 e. The summed E-state index contributed by atoms with van der Waals surface area (Å²) in [4.78, 5) is 9.85. The lowest BCUT2D eigenvalue weighted by Gasteiger charge is -2.14. The summed E-state index contributed by atoms with van der Waals surface area (Å²) < 4.78 is 0. The fraction of sp³-hybridized carbons (Fsp3) is 0.857. The maximum Gasteiger partial charge on any atom is 0.120 e. The molecule has 94 valence electrons. The summed E-state index contributed by atoms with van der Waals surface area (Å²) in [7, 11) is 0. The van der Waals surface area contributed by atoms with Gasteiger partial charge in [0.25, 0.3) is 0 Å². The first kappa shape index (κ1) is 17.6. The summed E-state index contributed by atoms with van der Waals surface area (Å²) >= 11 is 0. The van der Waals surface area contributed by atoms with Crippen LogP contribution in [0.3, 0.4) is 0 Å². The Labute approximate surface area is 101 Å². The van der Waals surface area contributed by atoms with Crippen molar-refractivity contribution in [3.8, 4) is 6.07 Å². The van der Waals surface area contributed by atoms with Crippen LogP contribution in [0, 0.1) is 22.2 Å². The summed E-state index contributed by atoms with van der Waals surface area (Å²) in [5.41, 5.74) is 0.649. The van der Waals surface area contributed by atoms with Crippen LogP contribution in [0.4, 0.5) is 0 Å². The lowest BCUT2D eigenvalue weighted by molar-refractivity contribution is -0.108. The highest BCUT2D eigenvalue weighted by Gasteiger charge is 2.08. The predicted octanol–water partition coefficient (Wildman–Crippen LogP) is 4.35. The molecule has 0 radical (unpaired) electrons. The van der Waals surface area contributed by atoms with Crippen molar-refractivity contribution in [1.29, 1.82) is 5.26 Å². The Kier molecular flexibility index (Phi) is 9.14. The van der Waals surface area contributed by atoms with E-state index in [0.717, 1.165) is 19.1 Å². The van der Waals surface area contributed by atoms with Gasteiger partial charge in [-0.25, -0.2) is 0 Å². The molecule has 16 heavy (non-hydrogen) atoms. The number of rotatable bonds is 3. The molecule has 0 aromatic carbocycles. The van der Waals surface area contributed by atoms with Crippen LogP contribution in [0.5, 0.6) is 0 Å². The molecule has 0 saturated heterocycles. The fourth-order valence-electron chi connectivity index (χ4n) is 0.923. The standard InChI is InChI=1S/C7H13N.C7H14O/c2*1-7(2,3)5-4-6-8/h4-5H2,1-3H3;6H,4-5H2,1-3H3. The van der Waals surface area contributed by atoms with Crippen molar-refractivity contribution in [3.63, 3.8) is 0 Å². The van der Waals surface area contributed by atoms with Gasteiger partial charge in [-0.05, 0) is 23.7 Å². The fourth-order valence-corrected chi connectivity index (χ4v) is 0.923. The van der Waals surface area contributed by atoms with E-state index in [1.807, 2.05) is 0 Å². The minimum Gasteiger partial charge on any atom is -0.303 e. The minimum atomic E-state index is 0.320. The van der Waals surface area contributed by atoms with E-state index >= 15 is 0 Å². The van der Waals surface area contributed by atoms with Crippen LogP contribution < -0.4 is 0 Å². The SMILES string of the molecule is CC(C)(C)CCC#N.CC(C)(C)CCC=O. The molecule has 0 unspecified atom stereocenters. The van der Waals surface area contributed by atoms with Crippen molar-refractivity contribution in [3.05, 3.63) is 0 Å². The van der Waals surface area contributed by atoms with Gasteiger partial charge in [-0.2, -0.15) is 5.26 Å². The van der Waals surface area contributed by atoms with Gasteiger partial charge in [0.05, 0.1) is 6.07 Å². The van der Waals surface area contributed by atoms with E-state index in [1.54, 1.807) is 0 Å². The summed E-state index contributed by atoms with van der Waals surface area (Å²) in [5.74, 6) is 0. The second kappa shape index (κ2) is 8.33. The highest BCUT2D eigenvalue weighted by Crippen LogP contribution is 2.19. The van der Waals surface area contributed by atoms with Gasteiger partial charge < -0.3 is 4.79 Å². The Morgan fingerprint density at radius 2 is 1.44 bits per heavy atom. The van der Waals surface area contributed by atoms with Crippen LogP contribution in [0.2, 0.25) is 0 Å². The van der Waals surface area contributed by atoms with Gasteiger partial charge in [0, 0.05) is 12.8 Å². The maximum absolute atomic E-state index is 9.85. The number of nitrogens with zero attached hydrogens (tertiary/aromatic N) is 1. The van der Waals surface area contributed by atoms with Gasteiger partial charge in [0.2, 0.25) is 0 Å². The Morgan fingerprint density at radius 3 is 1.56 bits per heavy atom. The summed E-state index contributed by atoms with van der Waals surface area (Å²) in [6, 6.07) is 2.12. The van der Waals surface area contributed by atoms with Crippen LogP contribution in [0.1, 0.15) is 67.2 Å². The molecule has 0 heterocycles. The van der Waals surface area contributed by atoms with Gasteiger partial charge in [-0.15, -0.1) is 0 Å². The minimum absolute atomic E-state index is 0.320. The zero-order valence-corrected chi connectivity index (χ0v) is 11.8. The molecule has 0 saturated carbocycles. The quantitative estimate of drug-likeness (QED) is 0.670. The number of hydrogen-bond donors (Lipinski definition) is 0. The van der Waals surface area contributed by atoms with Crippen LogP contribution in [-0.4, -0.2) is 6.29 Å². The molecule has 0 aromatic rings. The molecule has 2 heteroatoms. The third kappa shape index (κ3) is 23.2. The van der Waals surface area contributed by atoms with Crippen molar-refractivity contribution in [2.24, 2.45) is 10.8 Å². The second-order valence-electron chi connectivity index (χ2n) is 6.48. The molecular formula is C14H27NO. The van der Waals surface area contributed by atoms with Crippen molar-refractivity contribution in [2.75, 3.05) is 0 Å². The molecule has 0 aliphatic heterocycles. The molecular weight excluding hydrogens is 198 g/mol. The van der Waals surface area contributed by atoms with E-state index in [9.17, 15) is 4.79 Å². The van der Waals surface area contributed by atoms with E-state index in [4.69, 9.17) is 5.26 Å². The number of carbonyl (C=O) groups is 1. The molecule has 0 spiro atoms. The molecule has 0 aromatic heterocycles. The summed E-state index contributed by atoms with van der Waals surface area (Å²) in [6.45, 7) is 12.8. The molecule has 0 N–H and O–H groups in total. The Hall–Kier alpha value is -0.840. The van der Waals surface area contributed by atoms with Crippen molar-refractivity contribution >= 4 is 6.29 Å². The third-order valence-corrected chi connectivity index (χ3v) is 2.00. The van der Waals surface area contributed by atoms with Gasteiger partial charge in [0.1, 0.15) is 6.29 Å². The zero-order valence-electron chi connectivity index (χ0n) is 11.8. The number of nitriles is 1. The van der Waals surface area contributed by atoms with Crippen LogP contribution in [0.25, 0.3) is 0 Å². The maximum atomic E-state index is 9.85. The Morgan fingerprint density at radius 1 is 1.00 bits per heavy atom. The molecule has 0 aliphatic carbocycles. The highest BCUT2D eigenvalue weighted by molar-refractivity contribution is 5.49.